The van der Waals surface area contributed by atoms with Crippen LogP contribution < -0.4 is 9.47 Å². The molecule has 3 rings (SSSR count). The molecule has 0 aromatic heterocycles. The molecule has 0 amide bonds. The number of benzene rings is 3. The number of carbonyl (C=O) groups is 2. The summed E-state index contributed by atoms with van der Waals surface area (Å²) >= 11 is 6.30. The lowest BCUT2D eigenvalue weighted by Crippen LogP contribution is -2.11. The third-order valence-electron chi connectivity index (χ3n) is 6.55. The lowest BCUT2D eigenvalue weighted by atomic mass is 9.97. The van der Waals surface area contributed by atoms with Crippen LogP contribution in [-0.4, -0.2) is 18.4 Å². The fraction of sp³-hybridized carbons (Fsp3) is 0.375. The molecule has 4 nitrogen and oxygen atoms in total. The van der Waals surface area contributed by atoms with Crippen molar-refractivity contribution >= 4 is 23.4 Å². The highest BCUT2D eigenvalue weighted by atomic mass is 35.5. The van der Waals surface area contributed by atoms with Crippen LogP contribution in [0.3, 0.4) is 0 Å². The summed E-state index contributed by atoms with van der Waals surface area (Å²) in [7, 11) is 0. The van der Waals surface area contributed by atoms with Gasteiger partial charge in [0, 0.05) is 11.5 Å². The smallest absolute Gasteiger partial charge is 0.343 e. The molecule has 0 aliphatic rings. The van der Waals surface area contributed by atoms with Gasteiger partial charge in [-0.05, 0) is 66.4 Å². The minimum Gasteiger partial charge on any atom is -0.494 e. The van der Waals surface area contributed by atoms with Crippen LogP contribution in [0, 0.1) is 5.92 Å². The number of halogens is 1. The molecule has 0 saturated heterocycles. The molecule has 0 bridgehead atoms. The SMILES string of the molecule is CCCCCCCCOc1ccc(-c2ccc(C(=O)Oc3ccc(C(=O)C(C)CC)cc3Cl)cc2)cc1. The van der Waals surface area contributed by atoms with Gasteiger partial charge in [0.05, 0.1) is 17.2 Å². The normalized spacial score (nSPS) is 11.7. The van der Waals surface area contributed by atoms with Crippen LogP contribution in [0.15, 0.2) is 66.7 Å². The Labute approximate surface area is 226 Å². The zero-order valence-electron chi connectivity index (χ0n) is 22.1. The first kappa shape index (κ1) is 28.5. The fourth-order valence-corrected chi connectivity index (χ4v) is 4.20. The van der Waals surface area contributed by atoms with Gasteiger partial charge in [0.15, 0.2) is 5.78 Å². The lowest BCUT2D eigenvalue weighted by Gasteiger charge is -2.11. The predicted molar refractivity (Wildman–Crippen MR) is 151 cm³/mol. The monoisotopic (exact) mass is 520 g/mol. The maximum atomic E-state index is 12.7. The summed E-state index contributed by atoms with van der Waals surface area (Å²) < 4.78 is 11.4. The Bertz CT molecular complexity index is 1150. The average molecular weight is 521 g/mol. The second kappa shape index (κ2) is 14.6. The van der Waals surface area contributed by atoms with Crippen molar-refractivity contribution in [1.82, 2.24) is 0 Å². The largest absolute Gasteiger partial charge is 0.494 e. The van der Waals surface area contributed by atoms with Crippen LogP contribution in [0.25, 0.3) is 11.1 Å². The summed E-state index contributed by atoms with van der Waals surface area (Å²) in [6, 6.07) is 20.0. The first-order valence-corrected chi connectivity index (χ1v) is 13.7. The minimum absolute atomic E-state index is 0.0234. The summed E-state index contributed by atoms with van der Waals surface area (Å²) in [6.45, 7) is 6.82. The molecule has 1 unspecified atom stereocenters. The molecule has 1 atom stereocenters. The van der Waals surface area contributed by atoms with Crippen molar-refractivity contribution in [3.63, 3.8) is 0 Å². The van der Waals surface area contributed by atoms with Gasteiger partial charge in [-0.3, -0.25) is 4.79 Å². The van der Waals surface area contributed by atoms with E-state index in [9.17, 15) is 9.59 Å². The highest BCUT2D eigenvalue weighted by Crippen LogP contribution is 2.28. The molecule has 3 aromatic carbocycles. The van der Waals surface area contributed by atoms with Gasteiger partial charge in [-0.25, -0.2) is 4.79 Å². The molecule has 0 fully saturated rings. The number of hydrogen-bond donors (Lipinski definition) is 0. The van der Waals surface area contributed by atoms with Crippen LogP contribution in [0.1, 0.15) is 86.4 Å². The van der Waals surface area contributed by atoms with Crippen molar-refractivity contribution in [3.05, 3.63) is 82.9 Å². The Morgan fingerprint density at radius 1 is 0.784 bits per heavy atom. The fourth-order valence-electron chi connectivity index (χ4n) is 3.98. The number of ether oxygens (including phenoxy) is 2. The summed E-state index contributed by atoms with van der Waals surface area (Å²) in [6.07, 6.45) is 8.20. The van der Waals surface area contributed by atoms with E-state index < -0.39 is 5.97 Å². The molecule has 0 N–H and O–H groups in total. The van der Waals surface area contributed by atoms with E-state index in [1.165, 1.54) is 32.1 Å². The van der Waals surface area contributed by atoms with Gasteiger partial charge in [0.25, 0.3) is 0 Å². The van der Waals surface area contributed by atoms with Crippen LogP contribution in [0.2, 0.25) is 5.02 Å². The first-order chi connectivity index (χ1) is 17.9. The van der Waals surface area contributed by atoms with E-state index >= 15 is 0 Å². The average Bonchev–Trinajstić information content (AvgIpc) is 2.93. The van der Waals surface area contributed by atoms with E-state index in [1.807, 2.05) is 50.2 Å². The van der Waals surface area contributed by atoms with Crippen LogP contribution >= 0.6 is 11.6 Å². The molecule has 5 heteroatoms. The van der Waals surface area contributed by atoms with Crippen molar-refractivity contribution in [2.45, 2.75) is 65.7 Å². The molecular formula is C32H37ClO4. The van der Waals surface area contributed by atoms with Crippen LogP contribution in [-0.2, 0) is 0 Å². The molecule has 0 aliphatic heterocycles. The molecular weight excluding hydrogens is 484 g/mol. The molecule has 0 radical (unpaired) electrons. The number of hydrogen-bond acceptors (Lipinski definition) is 4. The standard InChI is InChI=1S/C32H37ClO4/c1-4-6-7-8-9-10-21-36-28-18-15-25(16-19-28)24-11-13-26(14-12-24)32(35)37-30-20-17-27(22-29(30)33)31(34)23(3)5-2/h11-20,22-23H,4-10,21H2,1-3H3. The van der Waals surface area contributed by atoms with Gasteiger partial charge in [-0.2, -0.15) is 0 Å². The van der Waals surface area contributed by atoms with Gasteiger partial charge >= 0.3 is 5.97 Å². The Morgan fingerprint density at radius 3 is 2.00 bits per heavy atom. The van der Waals surface area contributed by atoms with Gasteiger partial charge in [-0.15, -0.1) is 0 Å². The minimum atomic E-state index is -0.507. The van der Waals surface area contributed by atoms with Gasteiger partial charge in [-0.1, -0.05) is 88.7 Å². The van der Waals surface area contributed by atoms with Crippen LogP contribution in [0.4, 0.5) is 0 Å². The van der Waals surface area contributed by atoms with E-state index in [4.69, 9.17) is 21.1 Å². The zero-order chi connectivity index (χ0) is 26.6. The summed E-state index contributed by atoms with van der Waals surface area (Å²) in [5, 5.41) is 0.234. The van der Waals surface area contributed by atoms with Gasteiger partial charge in [0.1, 0.15) is 11.5 Å². The molecule has 0 aliphatic carbocycles. The Morgan fingerprint density at radius 2 is 1.38 bits per heavy atom. The second-order valence-electron chi connectivity index (χ2n) is 9.43. The lowest BCUT2D eigenvalue weighted by molar-refractivity contribution is 0.0735. The van der Waals surface area contributed by atoms with Crippen molar-refractivity contribution in [2.75, 3.05) is 6.61 Å². The van der Waals surface area contributed by atoms with Gasteiger partial charge < -0.3 is 9.47 Å². The Balaban J connectivity index is 1.53. The molecule has 0 saturated carbocycles. The molecule has 0 heterocycles. The van der Waals surface area contributed by atoms with Crippen molar-refractivity contribution in [2.24, 2.45) is 5.92 Å². The summed E-state index contributed by atoms with van der Waals surface area (Å²) in [4.78, 5) is 25.0. The van der Waals surface area contributed by atoms with Gasteiger partial charge in [0.2, 0.25) is 0 Å². The molecule has 3 aromatic rings. The second-order valence-corrected chi connectivity index (χ2v) is 9.83. The quantitative estimate of drug-likeness (QED) is 0.0919. The summed E-state index contributed by atoms with van der Waals surface area (Å²) in [5.74, 6) is 0.527. The molecule has 37 heavy (non-hydrogen) atoms. The third kappa shape index (κ3) is 8.46. The maximum Gasteiger partial charge on any atom is 0.343 e. The number of ketones is 1. The summed E-state index contributed by atoms with van der Waals surface area (Å²) in [5.41, 5.74) is 2.96. The first-order valence-electron chi connectivity index (χ1n) is 13.3. The zero-order valence-corrected chi connectivity index (χ0v) is 22.9. The van der Waals surface area contributed by atoms with E-state index in [1.54, 1.807) is 30.3 Å². The molecule has 0 spiro atoms. The molecule has 196 valence electrons. The Kier molecular flexibility index (Phi) is 11.2. The number of Topliss-reactive ketones (excluding diaryl/α,β-unsaturated/α-hetero) is 1. The van der Waals surface area contributed by atoms with E-state index in [-0.39, 0.29) is 22.5 Å². The predicted octanol–water partition coefficient (Wildman–Crippen LogP) is 9.19. The number of rotatable bonds is 14. The number of esters is 1. The Hall–Kier alpha value is -3.11. The maximum absolute atomic E-state index is 12.7. The van der Waals surface area contributed by atoms with E-state index in [0.717, 1.165) is 36.3 Å². The van der Waals surface area contributed by atoms with Crippen LogP contribution in [0.5, 0.6) is 11.5 Å². The van der Waals surface area contributed by atoms with Crippen molar-refractivity contribution in [1.29, 1.82) is 0 Å². The number of carbonyl (C=O) groups excluding carboxylic acids is 2. The highest BCUT2D eigenvalue weighted by molar-refractivity contribution is 6.32. The van der Waals surface area contributed by atoms with Crippen molar-refractivity contribution < 1.29 is 19.1 Å². The number of unbranched alkanes of at least 4 members (excludes halogenated alkanes) is 5. The topological polar surface area (TPSA) is 52.6 Å². The van der Waals surface area contributed by atoms with E-state index in [0.29, 0.717) is 11.1 Å². The van der Waals surface area contributed by atoms with E-state index in [2.05, 4.69) is 6.92 Å². The third-order valence-corrected chi connectivity index (χ3v) is 6.85. The van der Waals surface area contributed by atoms with Crippen molar-refractivity contribution in [3.8, 4) is 22.6 Å². The highest BCUT2D eigenvalue weighted by Gasteiger charge is 2.17.